The van der Waals surface area contributed by atoms with Crippen molar-refractivity contribution < 1.29 is 14.2 Å². The molecule has 0 bridgehead atoms. The first kappa shape index (κ1) is 12.3. The molecule has 3 nitrogen and oxygen atoms in total. The van der Waals surface area contributed by atoms with E-state index in [1.165, 1.54) is 0 Å². The van der Waals surface area contributed by atoms with Crippen LogP contribution in [-0.4, -0.2) is 29.9 Å². The highest BCUT2D eigenvalue weighted by Crippen LogP contribution is 2.25. The van der Waals surface area contributed by atoms with Crippen molar-refractivity contribution in [3.63, 3.8) is 0 Å². The average molecular weight is 214 g/mol. The molecule has 0 rings (SSSR count). The minimum atomic E-state index is -1.63. The van der Waals surface area contributed by atoms with Crippen molar-refractivity contribution >= 4 is 19.6 Å². The molecule has 0 heterocycles. The second-order valence-electron chi connectivity index (χ2n) is 3.01. The normalized spacial score (nSPS) is 14.9. The van der Waals surface area contributed by atoms with E-state index in [-0.39, 0.29) is 12.5 Å². The van der Waals surface area contributed by atoms with Crippen molar-refractivity contribution in [1.29, 1.82) is 0 Å². The molecule has 0 fully saturated rings. The summed E-state index contributed by atoms with van der Waals surface area (Å²) in [6.07, 6.45) is -0.178. The third-order valence-electron chi connectivity index (χ3n) is 1.10. The maximum atomic E-state index is 11.0. The lowest BCUT2D eigenvalue weighted by molar-refractivity contribution is 0.130. The van der Waals surface area contributed by atoms with Crippen LogP contribution >= 0.6 is 19.6 Å². The molecular formula is C7H15ClO3P+. The fourth-order valence-corrected chi connectivity index (χ4v) is 1.69. The number of rotatable bonds is 6. The molecule has 0 aromatic heterocycles. The highest BCUT2D eigenvalue weighted by atomic mass is 35.5. The Kier molecular flexibility index (Phi) is 6.96. The average Bonchev–Trinajstić information content (AvgIpc) is 1.99. The van der Waals surface area contributed by atoms with Crippen LogP contribution in [0, 0.1) is 5.92 Å². The molecule has 2 unspecified atom stereocenters. The Morgan fingerprint density at radius 2 is 2.17 bits per heavy atom. The first-order valence-corrected chi connectivity index (χ1v) is 5.77. The van der Waals surface area contributed by atoms with E-state index in [1.54, 1.807) is 0 Å². The van der Waals surface area contributed by atoms with Crippen molar-refractivity contribution in [2.75, 3.05) is 18.6 Å². The van der Waals surface area contributed by atoms with Crippen LogP contribution < -0.4 is 0 Å². The Bertz CT molecular complexity index is 141. The minimum absolute atomic E-state index is 0.0609. The summed E-state index contributed by atoms with van der Waals surface area (Å²) in [5, 5.41) is 8.96. The Morgan fingerprint density at radius 3 is 2.58 bits per heavy atom. The van der Waals surface area contributed by atoms with Crippen LogP contribution in [0.3, 0.4) is 0 Å². The summed E-state index contributed by atoms with van der Waals surface area (Å²) >= 11 is 5.32. The summed E-state index contributed by atoms with van der Waals surface area (Å²) in [5.41, 5.74) is 0. The number of halogens is 1. The number of hydrogen-bond donors (Lipinski definition) is 1. The van der Waals surface area contributed by atoms with Crippen molar-refractivity contribution in [3.8, 4) is 0 Å². The van der Waals surface area contributed by atoms with E-state index < -0.39 is 14.1 Å². The maximum absolute atomic E-state index is 11.0. The topological polar surface area (TPSA) is 46.5 Å². The molecule has 0 aliphatic heterocycles. The fourth-order valence-electron chi connectivity index (χ4n) is 0.565. The largest absolute Gasteiger partial charge is 0.508 e. The molecule has 0 saturated carbocycles. The van der Waals surface area contributed by atoms with Crippen LogP contribution in [0.15, 0.2) is 0 Å². The number of hydrogen-bond acceptors (Lipinski definition) is 3. The zero-order valence-electron chi connectivity index (χ0n) is 7.36. The Labute approximate surface area is 78.9 Å². The summed E-state index contributed by atoms with van der Waals surface area (Å²) in [5.74, 6) is 0.465. The van der Waals surface area contributed by atoms with Crippen LogP contribution in [0.1, 0.15) is 13.8 Å². The van der Waals surface area contributed by atoms with Gasteiger partial charge in [0.2, 0.25) is 0 Å². The van der Waals surface area contributed by atoms with E-state index in [2.05, 4.69) is 0 Å². The van der Waals surface area contributed by atoms with Gasteiger partial charge in [0.05, 0.1) is 12.0 Å². The third kappa shape index (κ3) is 6.99. The van der Waals surface area contributed by atoms with Crippen LogP contribution in [0.25, 0.3) is 0 Å². The van der Waals surface area contributed by atoms with Gasteiger partial charge in [0, 0.05) is 5.92 Å². The van der Waals surface area contributed by atoms with E-state index in [4.69, 9.17) is 21.2 Å². The van der Waals surface area contributed by atoms with E-state index in [0.717, 1.165) is 0 Å². The zero-order chi connectivity index (χ0) is 9.56. The second-order valence-corrected chi connectivity index (χ2v) is 4.61. The van der Waals surface area contributed by atoms with Gasteiger partial charge in [-0.1, -0.05) is 13.8 Å². The molecule has 0 aromatic carbocycles. The van der Waals surface area contributed by atoms with Crippen molar-refractivity contribution in [3.05, 3.63) is 0 Å². The van der Waals surface area contributed by atoms with E-state index in [0.29, 0.717) is 12.1 Å². The summed E-state index contributed by atoms with van der Waals surface area (Å²) in [6.45, 7) is 3.99. The van der Waals surface area contributed by atoms with Crippen LogP contribution in [0.2, 0.25) is 0 Å². The Balaban J connectivity index is 3.44. The lowest BCUT2D eigenvalue weighted by Crippen LogP contribution is -2.14. The smallest absolute Gasteiger partial charge is 0.389 e. The van der Waals surface area contributed by atoms with Crippen LogP contribution in [-0.2, 0) is 9.09 Å². The first-order valence-electron chi connectivity index (χ1n) is 3.87. The highest BCUT2D eigenvalue weighted by molar-refractivity contribution is 7.39. The predicted octanol–water partition coefficient (Wildman–Crippen LogP) is 2.00. The van der Waals surface area contributed by atoms with Gasteiger partial charge in [-0.2, -0.15) is 0 Å². The first-order chi connectivity index (χ1) is 5.56. The molecule has 5 heteroatoms. The summed E-state index contributed by atoms with van der Waals surface area (Å²) in [7, 11) is -1.63. The van der Waals surface area contributed by atoms with Gasteiger partial charge in [0.15, 0.2) is 6.16 Å². The van der Waals surface area contributed by atoms with Gasteiger partial charge in [-0.25, -0.2) is 0 Å². The molecule has 1 N–H and O–H groups in total. The summed E-state index contributed by atoms with van der Waals surface area (Å²) in [4.78, 5) is 0. The lowest BCUT2D eigenvalue weighted by Gasteiger charge is -2.00. The van der Waals surface area contributed by atoms with Gasteiger partial charge in [-0.15, -0.1) is 16.1 Å². The van der Waals surface area contributed by atoms with E-state index >= 15 is 0 Å². The van der Waals surface area contributed by atoms with E-state index in [9.17, 15) is 4.57 Å². The van der Waals surface area contributed by atoms with Crippen LogP contribution in [0.4, 0.5) is 0 Å². The monoisotopic (exact) mass is 213 g/mol. The SMILES string of the molecule is CC(C)C[P+](=O)OCC(O)CCl. The number of aliphatic hydroxyl groups excluding tert-OH is 1. The van der Waals surface area contributed by atoms with Gasteiger partial charge in [0.1, 0.15) is 6.61 Å². The highest BCUT2D eigenvalue weighted by Gasteiger charge is 2.20. The number of aliphatic hydroxyl groups is 1. The van der Waals surface area contributed by atoms with Crippen molar-refractivity contribution in [2.45, 2.75) is 20.0 Å². The lowest BCUT2D eigenvalue weighted by atomic mass is 10.3. The van der Waals surface area contributed by atoms with E-state index in [1.807, 2.05) is 13.8 Å². The standard InChI is InChI=1S/C7H15ClO3P/c1-6(2)5-12(10)11-4-7(9)3-8/h6-7,9H,3-5H2,1-2H3/q+1. The molecule has 0 saturated heterocycles. The van der Waals surface area contributed by atoms with Gasteiger partial charge in [-0.3, -0.25) is 0 Å². The molecular weight excluding hydrogens is 199 g/mol. The van der Waals surface area contributed by atoms with Crippen LogP contribution in [0.5, 0.6) is 0 Å². The molecule has 0 spiro atoms. The molecule has 0 aromatic rings. The quantitative estimate of drug-likeness (QED) is 0.542. The Morgan fingerprint density at radius 1 is 1.58 bits per heavy atom. The number of alkyl halides is 1. The van der Waals surface area contributed by atoms with Gasteiger partial charge < -0.3 is 5.11 Å². The second kappa shape index (κ2) is 6.79. The molecule has 12 heavy (non-hydrogen) atoms. The molecule has 0 aliphatic rings. The van der Waals surface area contributed by atoms with Gasteiger partial charge in [0.25, 0.3) is 0 Å². The van der Waals surface area contributed by atoms with Gasteiger partial charge in [-0.05, 0) is 4.57 Å². The molecule has 2 atom stereocenters. The third-order valence-corrected chi connectivity index (χ3v) is 2.92. The zero-order valence-corrected chi connectivity index (χ0v) is 9.02. The fraction of sp³-hybridized carbons (Fsp3) is 1.00. The summed E-state index contributed by atoms with van der Waals surface area (Å²) < 4.78 is 15.9. The van der Waals surface area contributed by atoms with Crippen molar-refractivity contribution in [2.24, 2.45) is 5.92 Å². The Hall–Kier alpha value is 0.310. The minimum Gasteiger partial charge on any atom is -0.389 e. The summed E-state index contributed by atoms with van der Waals surface area (Å²) in [6, 6.07) is 0. The molecule has 0 radical (unpaired) electrons. The molecule has 0 amide bonds. The van der Waals surface area contributed by atoms with Crippen molar-refractivity contribution in [1.82, 2.24) is 0 Å². The molecule has 72 valence electrons. The molecule has 0 aliphatic carbocycles. The predicted molar refractivity (Wildman–Crippen MR) is 50.0 cm³/mol. The van der Waals surface area contributed by atoms with Gasteiger partial charge >= 0.3 is 8.03 Å². The maximum Gasteiger partial charge on any atom is 0.508 e.